The summed E-state index contributed by atoms with van der Waals surface area (Å²) in [5.41, 5.74) is 4.51. The van der Waals surface area contributed by atoms with Crippen LogP contribution in [0.25, 0.3) is 0 Å². The zero-order valence-corrected chi connectivity index (χ0v) is 20.1. The maximum atomic E-state index is 13.1. The molecule has 2 N–H and O–H groups in total. The van der Waals surface area contributed by atoms with Crippen molar-refractivity contribution in [2.45, 2.75) is 25.3 Å². The summed E-state index contributed by atoms with van der Waals surface area (Å²) in [4.78, 5) is 40.8. The van der Waals surface area contributed by atoms with E-state index in [2.05, 4.69) is 15.6 Å². The molecule has 35 heavy (non-hydrogen) atoms. The number of nitrogens with one attached hydrogen (secondary N) is 2. The maximum Gasteiger partial charge on any atom is 0.251 e. The number of amides is 3. The van der Waals surface area contributed by atoms with Crippen molar-refractivity contribution in [2.75, 3.05) is 30.1 Å². The molecule has 0 radical (unpaired) electrons. The van der Waals surface area contributed by atoms with Crippen LogP contribution in [0.15, 0.2) is 54.6 Å². The molecule has 0 bridgehead atoms. The van der Waals surface area contributed by atoms with Gasteiger partial charge in [0.25, 0.3) is 5.91 Å². The molecule has 3 atom stereocenters. The number of ether oxygens (including phenoxy) is 1. The lowest BCUT2D eigenvalue weighted by Gasteiger charge is -2.38. The number of hydrazine groups is 1. The second-order valence-corrected chi connectivity index (χ2v) is 9.51. The van der Waals surface area contributed by atoms with Gasteiger partial charge in [-0.05, 0) is 55.7 Å². The van der Waals surface area contributed by atoms with Gasteiger partial charge >= 0.3 is 0 Å². The Bertz CT molecular complexity index is 1200. The number of carbonyl (C=O) groups excluding carboxylic acids is 3. The molecule has 2 aliphatic heterocycles. The van der Waals surface area contributed by atoms with Gasteiger partial charge in [-0.2, -0.15) is 0 Å². The minimum atomic E-state index is -0.376. The average Bonchev–Trinajstić information content (AvgIpc) is 3.34. The predicted octanol–water partition coefficient (Wildman–Crippen LogP) is 3.32. The molecule has 8 nitrogen and oxygen atoms in total. The molecule has 9 heteroatoms. The van der Waals surface area contributed by atoms with Crippen molar-refractivity contribution < 1.29 is 19.1 Å². The van der Waals surface area contributed by atoms with E-state index in [0.717, 1.165) is 24.4 Å². The first-order valence-electron chi connectivity index (χ1n) is 11.7. The summed E-state index contributed by atoms with van der Waals surface area (Å²) >= 11 is 6.18. The van der Waals surface area contributed by atoms with Crippen molar-refractivity contribution in [3.63, 3.8) is 0 Å². The monoisotopic (exact) mass is 494 g/mol. The van der Waals surface area contributed by atoms with Crippen LogP contribution in [0.2, 0.25) is 5.02 Å². The highest BCUT2D eigenvalue weighted by molar-refractivity contribution is 6.31. The fourth-order valence-electron chi connectivity index (χ4n) is 5.04. The highest BCUT2D eigenvalue weighted by Crippen LogP contribution is 2.34. The van der Waals surface area contributed by atoms with Gasteiger partial charge in [-0.15, -0.1) is 0 Å². The van der Waals surface area contributed by atoms with E-state index in [1.165, 1.54) is 5.01 Å². The lowest BCUT2D eigenvalue weighted by molar-refractivity contribution is -0.139. The van der Waals surface area contributed by atoms with Gasteiger partial charge in [0, 0.05) is 29.7 Å². The molecule has 0 saturated carbocycles. The number of carbonyl (C=O) groups is 3. The molecule has 2 aromatic rings. The Balaban J connectivity index is 1.27. The summed E-state index contributed by atoms with van der Waals surface area (Å²) in [6, 6.07) is 12.2. The Morgan fingerprint density at radius 1 is 1.11 bits per heavy atom. The minimum Gasteiger partial charge on any atom is -0.495 e. The number of halogens is 1. The lowest BCUT2D eigenvalue weighted by Crippen LogP contribution is -2.59. The van der Waals surface area contributed by atoms with Gasteiger partial charge in [0.05, 0.1) is 30.3 Å². The van der Waals surface area contributed by atoms with Crippen LogP contribution >= 0.6 is 11.6 Å². The van der Waals surface area contributed by atoms with E-state index in [9.17, 15) is 14.4 Å². The van der Waals surface area contributed by atoms with Crippen molar-refractivity contribution in [1.29, 1.82) is 0 Å². The Morgan fingerprint density at radius 2 is 1.91 bits per heavy atom. The van der Waals surface area contributed by atoms with Gasteiger partial charge < -0.3 is 15.0 Å². The number of hydrogen-bond acceptors (Lipinski definition) is 5. The number of benzene rings is 2. The van der Waals surface area contributed by atoms with Crippen molar-refractivity contribution in [1.82, 2.24) is 10.7 Å². The number of nitrogens with zero attached hydrogens (tertiary/aromatic N) is 2. The van der Waals surface area contributed by atoms with E-state index in [0.29, 0.717) is 35.7 Å². The molecule has 2 fully saturated rings. The maximum absolute atomic E-state index is 13.1. The van der Waals surface area contributed by atoms with Crippen LogP contribution in [0.4, 0.5) is 11.4 Å². The number of fused-ring (bicyclic) bond motifs is 1. The number of anilines is 2. The van der Waals surface area contributed by atoms with E-state index in [1.807, 2.05) is 24.3 Å². The van der Waals surface area contributed by atoms with Crippen LogP contribution in [-0.4, -0.2) is 44.0 Å². The SMILES string of the molecule is COc1ccc(Cl)cc1N1CC[C@H](NC(=O)c2cccc(N3NC(=O)[C@@H]4CC=CC[C@H]4C3=O)c2)C1. The van der Waals surface area contributed by atoms with Crippen LogP contribution in [0, 0.1) is 11.8 Å². The molecule has 1 aliphatic carbocycles. The first kappa shape index (κ1) is 23.2. The molecule has 2 saturated heterocycles. The molecule has 0 aromatic heterocycles. The van der Waals surface area contributed by atoms with Crippen molar-refractivity contribution in [3.05, 3.63) is 65.2 Å². The molecule has 3 aliphatic rings. The van der Waals surface area contributed by atoms with E-state index in [1.54, 1.807) is 37.4 Å². The Kier molecular flexibility index (Phi) is 6.38. The summed E-state index contributed by atoms with van der Waals surface area (Å²) < 4.78 is 5.47. The largest absolute Gasteiger partial charge is 0.495 e. The molecule has 2 heterocycles. The quantitative estimate of drug-likeness (QED) is 0.622. The molecule has 2 aromatic carbocycles. The molecule has 0 spiro atoms. The van der Waals surface area contributed by atoms with Crippen LogP contribution < -0.4 is 25.4 Å². The van der Waals surface area contributed by atoms with Crippen molar-refractivity contribution in [3.8, 4) is 5.75 Å². The fraction of sp³-hybridized carbons (Fsp3) is 0.346. The van der Waals surface area contributed by atoms with E-state index < -0.39 is 0 Å². The van der Waals surface area contributed by atoms with Crippen LogP contribution in [-0.2, 0) is 9.59 Å². The first-order valence-corrected chi connectivity index (χ1v) is 12.1. The molecular formula is C26H27ClN4O4. The summed E-state index contributed by atoms with van der Waals surface area (Å²) in [6.07, 6.45) is 5.78. The number of methoxy groups -OCH3 is 1. The van der Waals surface area contributed by atoms with Crippen LogP contribution in [0.3, 0.4) is 0 Å². The average molecular weight is 495 g/mol. The van der Waals surface area contributed by atoms with Crippen molar-refractivity contribution >= 4 is 40.7 Å². The predicted molar refractivity (Wildman–Crippen MR) is 134 cm³/mol. The Labute approximate surface area is 208 Å². The van der Waals surface area contributed by atoms with Gasteiger partial charge in [0.2, 0.25) is 11.8 Å². The zero-order chi connectivity index (χ0) is 24.5. The van der Waals surface area contributed by atoms with Gasteiger partial charge in [0.1, 0.15) is 5.75 Å². The smallest absolute Gasteiger partial charge is 0.251 e. The number of hydrogen-bond donors (Lipinski definition) is 2. The second kappa shape index (κ2) is 9.62. The summed E-state index contributed by atoms with van der Waals surface area (Å²) in [5, 5.41) is 4.99. The van der Waals surface area contributed by atoms with Gasteiger partial charge in [0.15, 0.2) is 0 Å². The second-order valence-electron chi connectivity index (χ2n) is 9.08. The normalized spacial score (nSPS) is 23.7. The topological polar surface area (TPSA) is 91.0 Å². The highest BCUT2D eigenvalue weighted by atomic mass is 35.5. The van der Waals surface area contributed by atoms with Gasteiger partial charge in [-0.1, -0.05) is 29.8 Å². The van der Waals surface area contributed by atoms with E-state index in [4.69, 9.17) is 16.3 Å². The van der Waals surface area contributed by atoms with Crippen molar-refractivity contribution in [2.24, 2.45) is 11.8 Å². The summed E-state index contributed by atoms with van der Waals surface area (Å²) in [7, 11) is 1.62. The van der Waals surface area contributed by atoms with Gasteiger partial charge in [-0.3, -0.25) is 19.8 Å². The Morgan fingerprint density at radius 3 is 2.71 bits per heavy atom. The standard InChI is InChI=1S/C26H27ClN4O4/c1-35-23-10-9-17(27)14-22(23)30-12-11-18(15-30)28-24(32)16-5-4-6-19(13-16)31-26(34)21-8-3-2-7-20(21)25(33)29-31/h2-6,9-10,13-14,18,20-21H,7-8,11-12,15H2,1H3,(H,28,32)(H,29,33)/t18-,20+,21+/m0/s1. The third-order valence-electron chi connectivity index (χ3n) is 6.90. The van der Waals surface area contributed by atoms with Crippen LogP contribution in [0.1, 0.15) is 29.6 Å². The van der Waals surface area contributed by atoms with Gasteiger partial charge in [-0.25, -0.2) is 5.01 Å². The molecule has 0 unspecified atom stereocenters. The van der Waals surface area contributed by atoms with E-state index in [-0.39, 0.29) is 35.6 Å². The number of rotatable bonds is 5. The zero-order valence-electron chi connectivity index (χ0n) is 19.4. The molecule has 5 rings (SSSR count). The van der Waals surface area contributed by atoms with E-state index >= 15 is 0 Å². The minimum absolute atomic E-state index is 0.0547. The van der Waals surface area contributed by atoms with Crippen LogP contribution in [0.5, 0.6) is 5.75 Å². The third-order valence-corrected chi connectivity index (χ3v) is 7.14. The molecule has 3 amide bonds. The third kappa shape index (κ3) is 4.58. The lowest BCUT2D eigenvalue weighted by atomic mass is 9.80. The first-order chi connectivity index (χ1) is 16.9. The summed E-state index contributed by atoms with van der Waals surface area (Å²) in [5.74, 6) is -0.531. The fourth-order valence-corrected chi connectivity index (χ4v) is 5.21. The summed E-state index contributed by atoms with van der Waals surface area (Å²) in [6.45, 7) is 1.38. The Hall–Kier alpha value is -3.52. The molecular weight excluding hydrogens is 468 g/mol. The molecule has 182 valence electrons. The number of allylic oxidation sites excluding steroid dienone is 2. The highest BCUT2D eigenvalue weighted by Gasteiger charge is 2.42.